The van der Waals surface area contributed by atoms with Gasteiger partial charge in [-0.25, -0.2) is 0 Å². The van der Waals surface area contributed by atoms with Gasteiger partial charge in [-0.15, -0.1) is 0 Å². The fourth-order valence-corrected chi connectivity index (χ4v) is 3.03. The number of hydrogen-bond donors (Lipinski definition) is 1. The van der Waals surface area contributed by atoms with Crippen LogP contribution in [0.5, 0.6) is 11.5 Å². The number of fused-ring (bicyclic) bond motifs is 1. The molecule has 0 saturated heterocycles. The number of carbonyl (C=O) groups excluding carboxylic acids is 1. The van der Waals surface area contributed by atoms with Gasteiger partial charge in [0.15, 0.2) is 11.5 Å². The summed E-state index contributed by atoms with van der Waals surface area (Å²) in [5.41, 5.74) is 7.20. The van der Waals surface area contributed by atoms with E-state index in [2.05, 4.69) is 20.8 Å². The van der Waals surface area contributed by atoms with Gasteiger partial charge in [-0.2, -0.15) is 0 Å². The summed E-state index contributed by atoms with van der Waals surface area (Å²) in [6.07, 6.45) is 1.48. The van der Waals surface area contributed by atoms with Crippen LogP contribution < -0.4 is 15.2 Å². The molecule has 2 atom stereocenters. The first-order valence-corrected chi connectivity index (χ1v) is 8.37. The highest BCUT2D eigenvalue weighted by Gasteiger charge is 2.25. The molecule has 2 rings (SSSR count). The minimum Gasteiger partial charge on any atom is -0.454 e. The Labute approximate surface area is 138 Å². The molecular weight excluding hydrogens is 292 g/mol. The summed E-state index contributed by atoms with van der Waals surface area (Å²) in [7, 11) is 0. The number of nitrogens with two attached hydrogens (primary N) is 1. The Kier molecular flexibility index (Phi) is 5.88. The first kappa shape index (κ1) is 17.6. The van der Waals surface area contributed by atoms with Crippen LogP contribution in [-0.2, 0) is 11.2 Å². The van der Waals surface area contributed by atoms with Crippen molar-refractivity contribution in [1.29, 1.82) is 0 Å². The zero-order valence-corrected chi connectivity index (χ0v) is 14.5. The lowest BCUT2D eigenvalue weighted by molar-refractivity contribution is -0.134. The van der Waals surface area contributed by atoms with E-state index in [1.807, 2.05) is 30.0 Å². The molecule has 0 aliphatic carbocycles. The maximum atomic E-state index is 12.6. The Bertz CT molecular complexity index is 545. The largest absolute Gasteiger partial charge is 0.454 e. The van der Waals surface area contributed by atoms with E-state index in [-0.39, 0.29) is 18.7 Å². The number of rotatable bonds is 7. The first-order valence-electron chi connectivity index (χ1n) is 8.37. The number of amides is 1. The summed E-state index contributed by atoms with van der Waals surface area (Å²) >= 11 is 0. The summed E-state index contributed by atoms with van der Waals surface area (Å²) < 4.78 is 10.7. The average molecular weight is 320 g/mol. The van der Waals surface area contributed by atoms with Gasteiger partial charge in [-0.3, -0.25) is 4.79 Å². The Morgan fingerprint density at radius 2 is 1.96 bits per heavy atom. The van der Waals surface area contributed by atoms with Crippen LogP contribution in [0.2, 0.25) is 0 Å². The smallest absolute Gasteiger partial charge is 0.239 e. The monoisotopic (exact) mass is 320 g/mol. The van der Waals surface area contributed by atoms with E-state index in [0.717, 1.165) is 23.5 Å². The lowest BCUT2D eigenvalue weighted by Gasteiger charge is -2.31. The van der Waals surface area contributed by atoms with Gasteiger partial charge in [0.2, 0.25) is 12.7 Å². The van der Waals surface area contributed by atoms with E-state index in [1.54, 1.807) is 0 Å². The van der Waals surface area contributed by atoms with Crippen LogP contribution in [0.1, 0.15) is 39.7 Å². The van der Waals surface area contributed by atoms with Crippen molar-refractivity contribution in [2.24, 2.45) is 11.7 Å². The van der Waals surface area contributed by atoms with Crippen LogP contribution in [0.4, 0.5) is 0 Å². The van der Waals surface area contributed by atoms with Gasteiger partial charge in [0.05, 0.1) is 6.04 Å². The Hall–Kier alpha value is -1.75. The van der Waals surface area contributed by atoms with E-state index in [9.17, 15) is 4.79 Å². The molecule has 23 heavy (non-hydrogen) atoms. The van der Waals surface area contributed by atoms with Crippen molar-refractivity contribution in [1.82, 2.24) is 4.90 Å². The molecule has 0 aromatic heterocycles. The van der Waals surface area contributed by atoms with Gasteiger partial charge < -0.3 is 20.1 Å². The number of nitrogens with zero attached hydrogens (tertiary/aromatic N) is 1. The SMILES string of the molecule is CCN(C(=O)[C@@H](N)CC(C)C)C(C)Cc1ccc2c(c1)OCO2. The van der Waals surface area contributed by atoms with Crippen molar-refractivity contribution >= 4 is 5.91 Å². The van der Waals surface area contributed by atoms with E-state index in [0.29, 0.717) is 18.9 Å². The quantitative estimate of drug-likeness (QED) is 0.838. The highest BCUT2D eigenvalue weighted by molar-refractivity contribution is 5.82. The fraction of sp³-hybridized carbons (Fsp3) is 0.611. The number of hydrogen-bond acceptors (Lipinski definition) is 4. The number of ether oxygens (including phenoxy) is 2. The van der Waals surface area contributed by atoms with Gasteiger partial charge in [0.25, 0.3) is 0 Å². The standard InChI is InChI=1S/C18H28N2O3/c1-5-20(18(21)15(19)8-12(2)3)13(4)9-14-6-7-16-17(10-14)23-11-22-16/h6-7,10,12-13,15H,5,8-9,11,19H2,1-4H3/t13?,15-/m0/s1. The Morgan fingerprint density at radius 3 is 2.61 bits per heavy atom. The molecule has 1 aliphatic rings. The molecule has 5 nitrogen and oxygen atoms in total. The molecule has 2 N–H and O–H groups in total. The first-order chi connectivity index (χ1) is 10.9. The Balaban J connectivity index is 2.02. The topological polar surface area (TPSA) is 64.8 Å². The molecule has 1 heterocycles. The lowest BCUT2D eigenvalue weighted by atomic mass is 10.0. The number of benzene rings is 1. The minimum atomic E-state index is -0.422. The third-order valence-corrected chi connectivity index (χ3v) is 4.17. The Morgan fingerprint density at radius 1 is 1.26 bits per heavy atom. The summed E-state index contributed by atoms with van der Waals surface area (Å²) in [4.78, 5) is 14.5. The van der Waals surface area contributed by atoms with Crippen LogP contribution in [0.3, 0.4) is 0 Å². The van der Waals surface area contributed by atoms with Crippen molar-refractivity contribution in [2.45, 2.75) is 52.6 Å². The molecule has 5 heteroatoms. The molecule has 0 radical (unpaired) electrons. The number of likely N-dealkylation sites (N-methyl/N-ethyl adjacent to an activating group) is 1. The van der Waals surface area contributed by atoms with E-state index < -0.39 is 6.04 Å². The van der Waals surface area contributed by atoms with Crippen LogP contribution in [0.15, 0.2) is 18.2 Å². The van der Waals surface area contributed by atoms with E-state index in [4.69, 9.17) is 15.2 Å². The number of carbonyl (C=O) groups is 1. The van der Waals surface area contributed by atoms with Crippen LogP contribution in [-0.4, -0.2) is 36.2 Å². The summed E-state index contributed by atoms with van der Waals surface area (Å²) in [5, 5.41) is 0. The van der Waals surface area contributed by atoms with Gasteiger partial charge in [-0.1, -0.05) is 19.9 Å². The van der Waals surface area contributed by atoms with Crippen molar-refractivity contribution in [3.05, 3.63) is 23.8 Å². The van der Waals surface area contributed by atoms with Gasteiger partial charge in [0, 0.05) is 12.6 Å². The second kappa shape index (κ2) is 7.68. The molecule has 1 amide bonds. The fourth-order valence-electron chi connectivity index (χ4n) is 3.03. The zero-order chi connectivity index (χ0) is 17.0. The normalized spacial score (nSPS) is 15.6. The maximum absolute atomic E-state index is 12.6. The third kappa shape index (κ3) is 4.38. The summed E-state index contributed by atoms with van der Waals surface area (Å²) in [6, 6.07) is 5.61. The molecule has 0 spiro atoms. The highest BCUT2D eigenvalue weighted by Crippen LogP contribution is 2.33. The van der Waals surface area contributed by atoms with E-state index in [1.165, 1.54) is 0 Å². The molecular formula is C18H28N2O3. The van der Waals surface area contributed by atoms with Crippen LogP contribution >= 0.6 is 0 Å². The molecule has 0 fully saturated rings. The van der Waals surface area contributed by atoms with Crippen molar-refractivity contribution < 1.29 is 14.3 Å². The van der Waals surface area contributed by atoms with Gasteiger partial charge >= 0.3 is 0 Å². The third-order valence-electron chi connectivity index (χ3n) is 4.17. The second-order valence-electron chi connectivity index (χ2n) is 6.60. The molecule has 1 aromatic rings. The van der Waals surface area contributed by atoms with Crippen molar-refractivity contribution in [3.63, 3.8) is 0 Å². The van der Waals surface area contributed by atoms with Crippen molar-refractivity contribution in [2.75, 3.05) is 13.3 Å². The summed E-state index contributed by atoms with van der Waals surface area (Å²) in [5.74, 6) is 2.01. The van der Waals surface area contributed by atoms with E-state index >= 15 is 0 Å². The van der Waals surface area contributed by atoms with Crippen LogP contribution in [0.25, 0.3) is 0 Å². The summed E-state index contributed by atoms with van der Waals surface area (Å²) in [6.45, 7) is 9.16. The van der Waals surface area contributed by atoms with Crippen molar-refractivity contribution in [3.8, 4) is 11.5 Å². The molecule has 0 bridgehead atoms. The zero-order valence-electron chi connectivity index (χ0n) is 14.5. The highest BCUT2D eigenvalue weighted by atomic mass is 16.7. The maximum Gasteiger partial charge on any atom is 0.239 e. The molecule has 1 aliphatic heterocycles. The van der Waals surface area contributed by atoms with Crippen LogP contribution in [0, 0.1) is 5.92 Å². The molecule has 1 unspecified atom stereocenters. The molecule has 128 valence electrons. The minimum absolute atomic E-state index is 0.0365. The van der Waals surface area contributed by atoms with Gasteiger partial charge in [0.1, 0.15) is 0 Å². The molecule has 1 aromatic carbocycles. The predicted octanol–water partition coefficient (Wildman–Crippen LogP) is 2.57. The van der Waals surface area contributed by atoms with Gasteiger partial charge in [-0.05, 0) is 50.3 Å². The second-order valence-corrected chi connectivity index (χ2v) is 6.60. The molecule has 0 saturated carbocycles. The average Bonchev–Trinajstić information content (AvgIpc) is 2.94. The predicted molar refractivity (Wildman–Crippen MR) is 90.5 cm³/mol. The lowest BCUT2D eigenvalue weighted by Crippen LogP contribution is -2.48.